The third-order valence-electron chi connectivity index (χ3n) is 5.30. The molecule has 2 aliphatic heterocycles. The Kier molecular flexibility index (Phi) is 4.14. The Morgan fingerprint density at radius 3 is 2.70 bits per heavy atom. The molecule has 3 amide bonds. The lowest BCUT2D eigenvalue weighted by Crippen LogP contribution is -2.40. The standard InChI is InChI=1S/C20H21N3O4/c1-26-14-5-3-4-13(10-14)21-19(25)23-9-8-20(12-23)16-11-15(27-2)6-7-17(16)22-18(20)24/h3-7,10-11H,8-9,12H2,1-2H3,(H,21,25)(H,22,24)/t20-/m1/s1. The van der Waals surface area contributed by atoms with E-state index in [4.69, 9.17) is 9.47 Å². The summed E-state index contributed by atoms with van der Waals surface area (Å²) in [6.45, 7) is 0.828. The van der Waals surface area contributed by atoms with E-state index in [2.05, 4.69) is 10.6 Å². The first-order chi connectivity index (χ1) is 13.1. The molecule has 2 aliphatic rings. The lowest BCUT2D eigenvalue weighted by Gasteiger charge is -2.23. The van der Waals surface area contributed by atoms with Crippen molar-refractivity contribution in [1.82, 2.24) is 4.90 Å². The van der Waals surface area contributed by atoms with Gasteiger partial charge in [-0.1, -0.05) is 6.07 Å². The largest absolute Gasteiger partial charge is 0.497 e. The number of hydrogen-bond acceptors (Lipinski definition) is 4. The quantitative estimate of drug-likeness (QED) is 0.874. The van der Waals surface area contributed by atoms with Gasteiger partial charge < -0.3 is 25.0 Å². The van der Waals surface area contributed by atoms with Gasteiger partial charge in [0.05, 0.1) is 19.6 Å². The number of fused-ring (bicyclic) bond motifs is 2. The van der Waals surface area contributed by atoms with Crippen LogP contribution in [0.5, 0.6) is 11.5 Å². The van der Waals surface area contributed by atoms with E-state index in [-0.39, 0.29) is 11.9 Å². The molecule has 7 heteroatoms. The van der Waals surface area contributed by atoms with Crippen molar-refractivity contribution >= 4 is 23.3 Å². The lowest BCUT2D eigenvalue weighted by molar-refractivity contribution is -0.120. The fraction of sp³-hybridized carbons (Fsp3) is 0.300. The molecule has 0 saturated carbocycles. The summed E-state index contributed by atoms with van der Waals surface area (Å²) in [4.78, 5) is 27.1. The number of amides is 3. The summed E-state index contributed by atoms with van der Waals surface area (Å²) >= 11 is 0. The van der Waals surface area contributed by atoms with Crippen LogP contribution in [0.4, 0.5) is 16.2 Å². The fourth-order valence-corrected chi connectivity index (χ4v) is 3.81. The molecule has 1 spiro atoms. The normalized spacial score (nSPS) is 20.4. The number of carbonyl (C=O) groups is 2. The molecule has 2 aromatic carbocycles. The van der Waals surface area contributed by atoms with Gasteiger partial charge >= 0.3 is 6.03 Å². The van der Waals surface area contributed by atoms with E-state index in [9.17, 15) is 9.59 Å². The van der Waals surface area contributed by atoms with Crippen molar-refractivity contribution in [2.45, 2.75) is 11.8 Å². The van der Waals surface area contributed by atoms with E-state index in [1.165, 1.54) is 0 Å². The van der Waals surface area contributed by atoms with Crippen LogP contribution in [0.1, 0.15) is 12.0 Å². The van der Waals surface area contributed by atoms with Crippen molar-refractivity contribution in [1.29, 1.82) is 0 Å². The molecule has 2 aromatic rings. The number of anilines is 2. The maximum Gasteiger partial charge on any atom is 0.321 e. The number of likely N-dealkylation sites (tertiary alicyclic amines) is 1. The summed E-state index contributed by atoms with van der Waals surface area (Å²) in [7, 11) is 3.18. The second-order valence-corrected chi connectivity index (χ2v) is 6.78. The first-order valence-corrected chi connectivity index (χ1v) is 8.76. The van der Waals surface area contributed by atoms with E-state index in [1.807, 2.05) is 30.3 Å². The molecular formula is C20H21N3O4. The zero-order valence-corrected chi connectivity index (χ0v) is 15.2. The average Bonchev–Trinajstić information content (AvgIpc) is 3.25. The monoisotopic (exact) mass is 367 g/mol. The summed E-state index contributed by atoms with van der Waals surface area (Å²) < 4.78 is 10.5. The molecule has 140 valence electrons. The molecule has 0 unspecified atom stereocenters. The highest BCUT2D eigenvalue weighted by molar-refractivity contribution is 6.07. The van der Waals surface area contributed by atoms with E-state index in [0.29, 0.717) is 36.7 Å². The minimum absolute atomic E-state index is 0.0672. The maximum atomic E-state index is 12.7. The van der Waals surface area contributed by atoms with Gasteiger partial charge in [0.25, 0.3) is 0 Å². The Bertz CT molecular complexity index is 914. The SMILES string of the molecule is COc1cccc(NC(=O)N2CC[C@]3(C2)C(=O)Nc2ccc(OC)cc23)c1. The first-order valence-electron chi connectivity index (χ1n) is 8.76. The topological polar surface area (TPSA) is 79.9 Å². The molecular weight excluding hydrogens is 346 g/mol. The van der Waals surface area contributed by atoms with Crippen LogP contribution >= 0.6 is 0 Å². The van der Waals surface area contributed by atoms with Gasteiger partial charge in [-0.05, 0) is 42.3 Å². The van der Waals surface area contributed by atoms with Crippen molar-refractivity contribution < 1.29 is 19.1 Å². The highest BCUT2D eigenvalue weighted by Gasteiger charge is 2.52. The average molecular weight is 367 g/mol. The molecule has 1 fully saturated rings. The predicted molar refractivity (Wildman–Crippen MR) is 102 cm³/mol. The number of hydrogen-bond donors (Lipinski definition) is 2. The molecule has 1 saturated heterocycles. The van der Waals surface area contributed by atoms with Gasteiger partial charge in [-0.2, -0.15) is 0 Å². The molecule has 7 nitrogen and oxygen atoms in total. The zero-order valence-electron chi connectivity index (χ0n) is 15.2. The summed E-state index contributed by atoms with van der Waals surface area (Å²) in [6.07, 6.45) is 0.574. The third-order valence-corrected chi connectivity index (χ3v) is 5.30. The van der Waals surface area contributed by atoms with Crippen molar-refractivity contribution in [3.63, 3.8) is 0 Å². The summed E-state index contributed by atoms with van der Waals surface area (Å²) in [5, 5.41) is 5.81. The number of carbonyl (C=O) groups excluding carboxylic acids is 2. The van der Waals surface area contributed by atoms with E-state index in [0.717, 1.165) is 11.3 Å². The number of nitrogens with one attached hydrogen (secondary N) is 2. The second-order valence-electron chi connectivity index (χ2n) is 6.78. The maximum absolute atomic E-state index is 12.7. The Balaban J connectivity index is 1.55. The Morgan fingerprint density at radius 1 is 1.15 bits per heavy atom. The van der Waals surface area contributed by atoms with E-state index >= 15 is 0 Å². The number of ether oxygens (including phenoxy) is 2. The number of nitrogens with zero attached hydrogens (tertiary/aromatic N) is 1. The minimum Gasteiger partial charge on any atom is -0.497 e. The van der Waals surface area contributed by atoms with Crippen LogP contribution in [0.3, 0.4) is 0 Å². The predicted octanol–water partition coefficient (Wildman–Crippen LogP) is 2.83. The number of urea groups is 1. The Hall–Kier alpha value is -3.22. The van der Waals surface area contributed by atoms with Crippen LogP contribution in [-0.4, -0.2) is 44.1 Å². The lowest BCUT2D eigenvalue weighted by atomic mass is 9.81. The summed E-state index contributed by atoms with van der Waals surface area (Å²) in [6, 6.07) is 12.5. The van der Waals surface area contributed by atoms with Gasteiger partial charge in [-0.25, -0.2) is 4.79 Å². The van der Waals surface area contributed by atoms with Crippen LogP contribution in [0.25, 0.3) is 0 Å². The molecule has 0 radical (unpaired) electrons. The Morgan fingerprint density at radius 2 is 1.93 bits per heavy atom. The van der Waals surface area contributed by atoms with Crippen LogP contribution in [0, 0.1) is 0 Å². The first kappa shape index (κ1) is 17.2. The number of benzene rings is 2. The molecule has 1 atom stereocenters. The molecule has 4 rings (SSSR count). The summed E-state index contributed by atoms with van der Waals surface area (Å²) in [5.74, 6) is 1.30. The van der Waals surface area contributed by atoms with Gasteiger partial charge in [0, 0.05) is 30.5 Å². The number of methoxy groups -OCH3 is 2. The minimum atomic E-state index is -0.727. The number of rotatable bonds is 3. The van der Waals surface area contributed by atoms with Gasteiger partial charge in [0.2, 0.25) is 5.91 Å². The van der Waals surface area contributed by atoms with E-state index < -0.39 is 5.41 Å². The highest BCUT2D eigenvalue weighted by Crippen LogP contribution is 2.45. The van der Waals surface area contributed by atoms with Crippen molar-refractivity contribution in [2.75, 3.05) is 37.9 Å². The van der Waals surface area contributed by atoms with E-state index in [1.54, 1.807) is 31.3 Å². The van der Waals surface area contributed by atoms with Crippen LogP contribution in [-0.2, 0) is 10.2 Å². The molecule has 2 heterocycles. The van der Waals surface area contributed by atoms with Crippen LogP contribution in [0.2, 0.25) is 0 Å². The molecule has 0 aromatic heterocycles. The van der Waals surface area contributed by atoms with Crippen LogP contribution in [0.15, 0.2) is 42.5 Å². The van der Waals surface area contributed by atoms with Crippen molar-refractivity contribution in [2.24, 2.45) is 0 Å². The van der Waals surface area contributed by atoms with Crippen LogP contribution < -0.4 is 20.1 Å². The molecule has 2 N–H and O–H groups in total. The smallest absolute Gasteiger partial charge is 0.321 e. The Labute approximate surface area is 157 Å². The van der Waals surface area contributed by atoms with Crippen molar-refractivity contribution in [3.8, 4) is 11.5 Å². The molecule has 27 heavy (non-hydrogen) atoms. The van der Waals surface area contributed by atoms with Crippen molar-refractivity contribution in [3.05, 3.63) is 48.0 Å². The zero-order chi connectivity index (χ0) is 19.0. The van der Waals surface area contributed by atoms with Gasteiger partial charge in [0.15, 0.2) is 0 Å². The van der Waals surface area contributed by atoms with Gasteiger partial charge in [0.1, 0.15) is 11.5 Å². The van der Waals surface area contributed by atoms with Gasteiger partial charge in [-0.3, -0.25) is 4.79 Å². The molecule has 0 bridgehead atoms. The fourth-order valence-electron chi connectivity index (χ4n) is 3.81. The molecule has 0 aliphatic carbocycles. The summed E-state index contributed by atoms with van der Waals surface area (Å²) in [5.41, 5.74) is 1.60. The third kappa shape index (κ3) is 2.85. The highest BCUT2D eigenvalue weighted by atomic mass is 16.5. The van der Waals surface area contributed by atoms with Gasteiger partial charge in [-0.15, -0.1) is 0 Å². The second kappa shape index (κ2) is 6.50.